The summed E-state index contributed by atoms with van der Waals surface area (Å²) in [4.78, 5) is 24.0. The van der Waals surface area contributed by atoms with E-state index < -0.39 is 0 Å². The fourth-order valence-electron chi connectivity index (χ4n) is 3.45. The van der Waals surface area contributed by atoms with Gasteiger partial charge in [0.15, 0.2) is 0 Å². The molecule has 1 aliphatic rings. The Kier molecular flexibility index (Phi) is 5.76. The van der Waals surface area contributed by atoms with Gasteiger partial charge in [-0.05, 0) is 42.9 Å². The summed E-state index contributed by atoms with van der Waals surface area (Å²) >= 11 is 0. The van der Waals surface area contributed by atoms with Gasteiger partial charge in [0.2, 0.25) is 5.82 Å². The van der Waals surface area contributed by atoms with Crippen LogP contribution in [0.25, 0.3) is 23.0 Å². The predicted molar refractivity (Wildman–Crippen MR) is 109 cm³/mol. The van der Waals surface area contributed by atoms with Gasteiger partial charge in [-0.25, -0.2) is 4.98 Å². The maximum absolute atomic E-state index is 10.7. The molecule has 7 heteroatoms. The molecule has 0 saturated heterocycles. The van der Waals surface area contributed by atoms with Gasteiger partial charge in [-0.1, -0.05) is 31.1 Å². The summed E-state index contributed by atoms with van der Waals surface area (Å²) in [5.74, 6) is 1.72. The van der Waals surface area contributed by atoms with Crippen LogP contribution in [0.15, 0.2) is 41.2 Å². The molecule has 0 aliphatic heterocycles. The van der Waals surface area contributed by atoms with Gasteiger partial charge >= 0.3 is 0 Å². The molecular formula is C22H25N5O2. The van der Waals surface area contributed by atoms with E-state index in [0.29, 0.717) is 35.9 Å². The first kappa shape index (κ1) is 19.4. The maximum atomic E-state index is 10.7. The van der Waals surface area contributed by atoms with E-state index in [0.717, 1.165) is 36.8 Å². The lowest BCUT2D eigenvalue weighted by atomic mass is 9.81. The molecule has 0 bridgehead atoms. The Morgan fingerprint density at radius 1 is 1.17 bits per heavy atom. The van der Waals surface area contributed by atoms with Gasteiger partial charge in [-0.3, -0.25) is 4.98 Å². The van der Waals surface area contributed by atoms with Crippen molar-refractivity contribution in [1.82, 2.24) is 25.4 Å². The van der Waals surface area contributed by atoms with E-state index in [-0.39, 0.29) is 5.92 Å². The summed E-state index contributed by atoms with van der Waals surface area (Å²) in [7, 11) is 0. The van der Waals surface area contributed by atoms with Gasteiger partial charge in [0.05, 0.1) is 18.1 Å². The zero-order valence-electron chi connectivity index (χ0n) is 16.7. The molecule has 1 aliphatic carbocycles. The molecule has 4 rings (SSSR count). The normalized spacial score (nSPS) is 18.6. The molecule has 150 valence electrons. The Morgan fingerprint density at radius 2 is 1.97 bits per heavy atom. The number of benzene rings is 1. The fraction of sp³-hybridized carbons (Fsp3) is 0.409. The molecule has 0 amide bonds. The SMILES string of the molecule is CC(C)Cc1ccc(-c2nc(-c3cnc(CN[C@H]4C[C@@H](C=O)C4)cn3)no2)cc1. The molecule has 3 aromatic rings. The van der Waals surface area contributed by atoms with Crippen LogP contribution in [0, 0.1) is 11.8 Å². The average Bonchev–Trinajstić information content (AvgIpc) is 3.18. The zero-order valence-corrected chi connectivity index (χ0v) is 16.7. The molecule has 29 heavy (non-hydrogen) atoms. The lowest BCUT2D eigenvalue weighted by Crippen LogP contribution is -2.41. The number of aromatic nitrogens is 4. The summed E-state index contributed by atoms with van der Waals surface area (Å²) < 4.78 is 5.41. The van der Waals surface area contributed by atoms with Crippen LogP contribution in [0.4, 0.5) is 0 Å². The number of carbonyl (C=O) groups is 1. The van der Waals surface area contributed by atoms with Crippen LogP contribution in [0.2, 0.25) is 0 Å². The maximum Gasteiger partial charge on any atom is 0.258 e. The van der Waals surface area contributed by atoms with Crippen LogP contribution in [0.3, 0.4) is 0 Å². The second-order valence-electron chi connectivity index (χ2n) is 8.06. The number of hydrogen-bond acceptors (Lipinski definition) is 7. The lowest BCUT2D eigenvalue weighted by molar-refractivity contribution is -0.113. The topological polar surface area (TPSA) is 93.8 Å². The Labute approximate surface area is 170 Å². The highest BCUT2D eigenvalue weighted by molar-refractivity contribution is 5.57. The number of nitrogens with one attached hydrogen (secondary N) is 1. The molecule has 0 radical (unpaired) electrons. The molecular weight excluding hydrogens is 366 g/mol. The largest absolute Gasteiger partial charge is 0.334 e. The molecule has 1 N–H and O–H groups in total. The van der Waals surface area contributed by atoms with Crippen molar-refractivity contribution in [3.05, 3.63) is 47.9 Å². The summed E-state index contributed by atoms with van der Waals surface area (Å²) in [5, 5.41) is 7.43. The Balaban J connectivity index is 1.37. The van der Waals surface area contributed by atoms with Crippen molar-refractivity contribution in [2.75, 3.05) is 0 Å². The molecule has 1 saturated carbocycles. The van der Waals surface area contributed by atoms with Crippen LogP contribution >= 0.6 is 0 Å². The first-order chi connectivity index (χ1) is 14.1. The van der Waals surface area contributed by atoms with E-state index in [1.165, 1.54) is 5.56 Å². The minimum atomic E-state index is 0.208. The van der Waals surface area contributed by atoms with Gasteiger partial charge in [0.25, 0.3) is 5.89 Å². The van der Waals surface area contributed by atoms with Gasteiger partial charge in [0.1, 0.15) is 12.0 Å². The molecule has 7 nitrogen and oxygen atoms in total. The highest BCUT2D eigenvalue weighted by Crippen LogP contribution is 2.25. The number of nitrogens with zero attached hydrogens (tertiary/aromatic N) is 4. The van der Waals surface area contributed by atoms with Gasteiger partial charge in [-0.15, -0.1) is 0 Å². The van der Waals surface area contributed by atoms with E-state index in [1.807, 2.05) is 12.1 Å². The smallest absolute Gasteiger partial charge is 0.258 e. The fourth-order valence-corrected chi connectivity index (χ4v) is 3.45. The first-order valence-electron chi connectivity index (χ1n) is 10.0. The minimum Gasteiger partial charge on any atom is -0.334 e. The number of aldehydes is 1. The predicted octanol–water partition coefficient (Wildman–Crippen LogP) is 3.46. The minimum absolute atomic E-state index is 0.208. The molecule has 1 aromatic carbocycles. The Hall–Kier alpha value is -2.93. The molecule has 0 spiro atoms. The first-order valence-corrected chi connectivity index (χ1v) is 10.0. The highest BCUT2D eigenvalue weighted by atomic mass is 16.5. The van der Waals surface area contributed by atoms with Crippen molar-refractivity contribution in [2.45, 2.75) is 45.7 Å². The summed E-state index contributed by atoms with van der Waals surface area (Å²) in [6.45, 7) is 5.04. The van der Waals surface area contributed by atoms with Crippen LogP contribution in [-0.4, -0.2) is 32.4 Å². The van der Waals surface area contributed by atoms with E-state index in [2.05, 4.69) is 51.4 Å². The van der Waals surface area contributed by atoms with Crippen molar-refractivity contribution in [1.29, 1.82) is 0 Å². The molecule has 2 heterocycles. The second kappa shape index (κ2) is 8.61. The van der Waals surface area contributed by atoms with E-state index in [1.54, 1.807) is 12.4 Å². The third-order valence-corrected chi connectivity index (χ3v) is 5.14. The molecule has 1 fully saturated rings. The van der Waals surface area contributed by atoms with Crippen molar-refractivity contribution in [3.8, 4) is 23.0 Å². The average molecular weight is 391 g/mol. The van der Waals surface area contributed by atoms with Crippen LogP contribution < -0.4 is 5.32 Å². The molecule has 0 atom stereocenters. The third kappa shape index (κ3) is 4.74. The van der Waals surface area contributed by atoms with E-state index in [4.69, 9.17) is 4.52 Å². The van der Waals surface area contributed by atoms with Gasteiger partial charge in [-0.2, -0.15) is 4.98 Å². The second-order valence-corrected chi connectivity index (χ2v) is 8.06. The van der Waals surface area contributed by atoms with Crippen LogP contribution in [0.1, 0.15) is 37.9 Å². The molecule has 0 unspecified atom stereocenters. The number of rotatable bonds is 8. The summed E-state index contributed by atoms with van der Waals surface area (Å²) in [6.07, 6.45) is 7.26. The monoisotopic (exact) mass is 391 g/mol. The number of hydrogen-bond donors (Lipinski definition) is 1. The standard InChI is InChI=1S/C22H25N5O2/c1-14(2)7-15-3-5-17(6-4-15)22-26-21(27-29-22)20-12-24-19(11-25-20)10-23-18-8-16(9-18)13-28/h3-6,11-14,16,18,23H,7-10H2,1-2H3/t16-,18+. The van der Waals surface area contributed by atoms with Crippen LogP contribution in [-0.2, 0) is 17.8 Å². The Morgan fingerprint density at radius 3 is 2.62 bits per heavy atom. The van der Waals surface area contributed by atoms with E-state index >= 15 is 0 Å². The van der Waals surface area contributed by atoms with Crippen molar-refractivity contribution in [2.24, 2.45) is 11.8 Å². The summed E-state index contributed by atoms with van der Waals surface area (Å²) in [5.41, 5.74) is 3.60. The zero-order chi connectivity index (χ0) is 20.2. The quantitative estimate of drug-likeness (QED) is 0.588. The van der Waals surface area contributed by atoms with Crippen molar-refractivity contribution in [3.63, 3.8) is 0 Å². The highest BCUT2D eigenvalue weighted by Gasteiger charge is 2.28. The van der Waals surface area contributed by atoms with Crippen LogP contribution in [0.5, 0.6) is 0 Å². The van der Waals surface area contributed by atoms with Gasteiger partial charge < -0.3 is 14.6 Å². The Bertz CT molecular complexity index is 944. The molecule has 2 aromatic heterocycles. The summed E-state index contributed by atoms with van der Waals surface area (Å²) in [6, 6.07) is 8.59. The third-order valence-electron chi connectivity index (χ3n) is 5.14. The van der Waals surface area contributed by atoms with E-state index in [9.17, 15) is 4.79 Å². The van der Waals surface area contributed by atoms with Crippen molar-refractivity contribution < 1.29 is 9.32 Å². The van der Waals surface area contributed by atoms with Crippen molar-refractivity contribution >= 4 is 6.29 Å². The van der Waals surface area contributed by atoms with Gasteiger partial charge in [0, 0.05) is 24.1 Å². The lowest BCUT2D eigenvalue weighted by Gasteiger charge is -2.32. The number of carbonyl (C=O) groups excluding carboxylic acids is 1.